The third-order valence-corrected chi connectivity index (χ3v) is 8.97. The van der Waals surface area contributed by atoms with Crippen molar-refractivity contribution in [2.75, 3.05) is 38.2 Å². The van der Waals surface area contributed by atoms with Gasteiger partial charge in [-0.05, 0) is 73.2 Å². The maximum absolute atomic E-state index is 13.7. The number of pyridine rings is 1. The van der Waals surface area contributed by atoms with E-state index in [1.54, 1.807) is 43.4 Å². The van der Waals surface area contributed by atoms with Gasteiger partial charge in [0.05, 0.1) is 17.4 Å². The highest BCUT2D eigenvalue weighted by Gasteiger charge is 2.32. The summed E-state index contributed by atoms with van der Waals surface area (Å²) in [6.07, 6.45) is -7.81. The van der Waals surface area contributed by atoms with Crippen LogP contribution in [0, 0.1) is 0 Å². The van der Waals surface area contributed by atoms with Crippen molar-refractivity contribution in [2.45, 2.75) is 32.0 Å². The second-order valence-corrected chi connectivity index (χ2v) is 12.8. The Bertz CT molecular complexity index is 2100. The van der Waals surface area contributed by atoms with Gasteiger partial charge in [-0.25, -0.2) is 4.98 Å². The van der Waals surface area contributed by atoms with Crippen molar-refractivity contribution in [3.8, 4) is 23.1 Å². The van der Waals surface area contributed by atoms with Crippen molar-refractivity contribution in [3.05, 3.63) is 108 Å². The van der Waals surface area contributed by atoms with Gasteiger partial charge in [-0.15, -0.1) is 13.2 Å². The first kappa shape index (κ1) is 38.0. The standard InChI is InChI=1S/C38H35F6N5O5/c1-24-21-49(17-16-48(24)22-25-4-10-29(11-5-25)52-23-37(39,40)41)36(51)33-18-27-8-14-31(19-32(27)47(33)3)53-34-15-9-28(20-45-34)46(2)35(50)26-6-12-30(13-7-26)54-38(42,43)44/h4-15,18-20,24H,16-17,21-23H2,1-3H3. The summed E-state index contributed by atoms with van der Waals surface area (Å²) in [4.78, 5) is 36.3. The van der Waals surface area contributed by atoms with Gasteiger partial charge in [-0.3, -0.25) is 14.5 Å². The smallest absolute Gasteiger partial charge is 0.484 e. The number of hydrogen-bond donors (Lipinski definition) is 0. The van der Waals surface area contributed by atoms with Gasteiger partial charge in [0.15, 0.2) is 6.61 Å². The molecular weight excluding hydrogens is 720 g/mol. The molecule has 10 nitrogen and oxygen atoms in total. The van der Waals surface area contributed by atoms with Crippen LogP contribution in [0.5, 0.6) is 23.1 Å². The van der Waals surface area contributed by atoms with Crippen LogP contribution >= 0.6 is 0 Å². The lowest BCUT2D eigenvalue weighted by atomic mass is 10.1. The van der Waals surface area contributed by atoms with Crippen molar-refractivity contribution in [1.29, 1.82) is 0 Å². The lowest BCUT2D eigenvalue weighted by Crippen LogP contribution is -2.53. The quantitative estimate of drug-likeness (QED) is 0.134. The van der Waals surface area contributed by atoms with Crippen LogP contribution in [0.15, 0.2) is 91.1 Å². The van der Waals surface area contributed by atoms with Crippen molar-refractivity contribution in [2.24, 2.45) is 7.05 Å². The molecule has 0 radical (unpaired) electrons. The molecule has 0 aliphatic carbocycles. The molecule has 54 heavy (non-hydrogen) atoms. The molecular formula is C38H35F6N5O5. The summed E-state index contributed by atoms with van der Waals surface area (Å²) >= 11 is 0. The van der Waals surface area contributed by atoms with E-state index in [2.05, 4.69) is 14.6 Å². The molecule has 3 heterocycles. The number of aryl methyl sites for hydroxylation is 1. The van der Waals surface area contributed by atoms with Crippen LogP contribution < -0.4 is 19.1 Å². The molecule has 1 aliphatic rings. The number of fused-ring (bicyclic) bond motifs is 1. The predicted molar refractivity (Wildman–Crippen MR) is 187 cm³/mol. The Morgan fingerprint density at radius 1 is 0.870 bits per heavy atom. The van der Waals surface area contributed by atoms with E-state index in [1.165, 1.54) is 42.4 Å². The first-order chi connectivity index (χ1) is 25.5. The number of rotatable bonds is 10. The van der Waals surface area contributed by atoms with Crippen molar-refractivity contribution < 1.29 is 50.1 Å². The fourth-order valence-corrected chi connectivity index (χ4v) is 6.11. The van der Waals surface area contributed by atoms with E-state index in [9.17, 15) is 35.9 Å². The molecule has 284 valence electrons. The lowest BCUT2D eigenvalue weighted by molar-refractivity contribution is -0.274. The largest absolute Gasteiger partial charge is 0.573 e. The van der Waals surface area contributed by atoms with E-state index in [4.69, 9.17) is 9.47 Å². The number of carbonyl (C=O) groups is 2. The number of hydrogen-bond acceptors (Lipinski definition) is 7. The Balaban J connectivity index is 1.05. The van der Waals surface area contributed by atoms with Crippen LogP contribution in [0.25, 0.3) is 10.9 Å². The molecule has 16 heteroatoms. The zero-order chi connectivity index (χ0) is 38.8. The molecule has 1 fully saturated rings. The Morgan fingerprint density at radius 3 is 2.19 bits per heavy atom. The Kier molecular flexibility index (Phi) is 10.8. The number of anilines is 1. The van der Waals surface area contributed by atoms with E-state index in [0.29, 0.717) is 43.3 Å². The van der Waals surface area contributed by atoms with Gasteiger partial charge in [-0.2, -0.15) is 13.2 Å². The third kappa shape index (κ3) is 9.23. The number of aromatic nitrogens is 2. The first-order valence-corrected chi connectivity index (χ1v) is 16.7. The maximum Gasteiger partial charge on any atom is 0.573 e. The Morgan fingerprint density at radius 2 is 1.56 bits per heavy atom. The fourth-order valence-electron chi connectivity index (χ4n) is 6.11. The molecule has 6 rings (SSSR count). The third-order valence-electron chi connectivity index (χ3n) is 8.97. The van der Waals surface area contributed by atoms with Crippen LogP contribution in [0.1, 0.15) is 33.3 Å². The number of ether oxygens (including phenoxy) is 3. The molecule has 0 saturated carbocycles. The monoisotopic (exact) mass is 755 g/mol. The molecule has 1 atom stereocenters. The van der Waals surface area contributed by atoms with Gasteiger partial charge in [0.2, 0.25) is 5.88 Å². The lowest BCUT2D eigenvalue weighted by Gasteiger charge is -2.40. The summed E-state index contributed by atoms with van der Waals surface area (Å²) in [6.45, 7) is 2.87. The molecule has 1 unspecified atom stereocenters. The summed E-state index contributed by atoms with van der Waals surface area (Å²) in [5.41, 5.74) is 2.77. The van der Waals surface area contributed by atoms with Crippen LogP contribution in [0.4, 0.5) is 32.0 Å². The molecule has 1 aliphatic heterocycles. The SMILES string of the molecule is CC1CN(C(=O)c2cc3ccc(Oc4ccc(N(C)C(=O)c5ccc(OC(F)(F)F)cc5)cn4)cc3n2C)CCN1Cc1ccc(OCC(F)(F)F)cc1. The zero-order valence-electron chi connectivity index (χ0n) is 29.3. The van der Waals surface area contributed by atoms with Crippen molar-refractivity contribution in [3.63, 3.8) is 0 Å². The van der Waals surface area contributed by atoms with Gasteiger partial charge in [0, 0.05) is 69.4 Å². The minimum atomic E-state index is -4.84. The molecule has 5 aromatic rings. The van der Waals surface area contributed by atoms with Crippen LogP contribution in [-0.4, -0.2) is 83.0 Å². The Hall–Kier alpha value is -5.77. The number of nitrogens with zero attached hydrogens (tertiary/aromatic N) is 5. The van der Waals surface area contributed by atoms with Gasteiger partial charge >= 0.3 is 12.5 Å². The average molecular weight is 756 g/mol. The maximum atomic E-state index is 13.7. The van der Waals surface area contributed by atoms with Gasteiger partial charge in [0.25, 0.3) is 11.8 Å². The normalized spacial score (nSPS) is 15.3. The molecule has 0 spiro atoms. The van der Waals surface area contributed by atoms with E-state index < -0.39 is 30.8 Å². The minimum Gasteiger partial charge on any atom is -0.484 e. The van der Waals surface area contributed by atoms with E-state index in [1.807, 2.05) is 28.5 Å². The summed E-state index contributed by atoms with van der Waals surface area (Å²) in [6, 6.07) is 21.6. The molecule has 3 aromatic carbocycles. The second-order valence-electron chi connectivity index (χ2n) is 12.8. The minimum absolute atomic E-state index is 0.0311. The van der Waals surface area contributed by atoms with Crippen molar-refractivity contribution in [1.82, 2.24) is 19.4 Å². The number of carbonyl (C=O) groups excluding carboxylic acids is 2. The molecule has 2 aromatic heterocycles. The highest BCUT2D eigenvalue weighted by Crippen LogP contribution is 2.30. The molecule has 0 bridgehead atoms. The number of halogens is 6. The van der Waals surface area contributed by atoms with E-state index in [0.717, 1.165) is 28.6 Å². The van der Waals surface area contributed by atoms with Gasteiger partial charge in [-0.1, -0.05) is 12.1 Å². The number of alkyl halides is 6. The predicted octanol–water partition coefficient (Wildman–Crippen LogP) is 7.83. The topological polar surface area (TPSA) is 89.4 Å². The van der Waals surface area contributed by atoms with Crippen LogP contribution in [-0.2, 0) is 13.6 Å². The van der Waals surface area contributed by atoms with E-state index >= 15 is 0 Å². The van der Waals surface area contributed by atoms with E-state index in [-0.39, 0.29) is 29.1 Å². The molecule has 1 saturated heterocycles. The summed E-state index contributed by atoms with van der Waals surface area (Å²) in [5, 5.41) is 0.837. The number of piperazine rings is 1. The fraction of sp³-hybridized carbons (Fsp3) is 0.289. The van der Waals surface area contributed by atoms with Crippen molar-refractivity contribution >= 4 is 28.4 Å². The van der Waals surface area contributed by atoms with Gasteiger partial charge < -0.3 is 28.6 Å². The number of benzene rings is 3. The number of amides is 2. The first-order valence-electron chi connectivity index (χ1n) is 16.7. The highest BCUT2D eigenvalue weighted by molar-refractivity contribution is 6.05. The second kappa shape index (κ2) is 15.3. The zero-order valence-corrected chi connectivity index (χ0v) is 29.3. The molecule has 2 amide bonds. The highest BCUT2D eigenvalue weighted by atomic mass is 19.4. The summed E-state index contributed by atoms with van der Waals surface area (Å²) in [5.74, 6) is -0.157. The van der Waals surface area contributed by atoms with Crippen LogP contribution in [0.2, 0.25) is 0 Å². The summed E-state index contributed by atoms with van der Waals surface area (Å²) in [7, 11) is 3.31. The van der Waals surface area contributed by atoms with Gasteiger partial charge in [0.1, 0.15) is 22.9 Å². The average Bonchev–Trinajstić information content (AvgIpc) is 3.46. The Labute approximate surface area is 306 Å². The summed E-state index contributed by atoms with van der Waals surface area (Å²) < 4.78 is 91.2. The van der Waals surface area contributed by atoms with Crippen LogP contribution in [0.3, 0.4) is 0 Å². The molecule has 0 N–H and O–H groups in total.